The lowest BCUT2D eigenvalue weighted by atomic mass is 9.95. The summed E-state index contributed by atoms with van der Waals surface area (Å²) in [5.41, 5.74) is 1.39. The quantitative estimate of drug-likeness (QED) is 0.423. The van der Waals surface area contributed by atoms with Crippen LogP contribution in [0.3, 0.4) is 0 Å². The van der Waals surface area contributed by atoms with Gasteiger partial charge in [0.05, 0.1) is 44.0 Å². The van der Waals surface area contributed by atoms with Crippen molar-refractivity contribution in [2.24, 2.45) is 5.92 Å². The molecule has 5 rings (SSSR count). The van der Waals surface area contributed by atoms with E-state index >= 15 is 0 Å². The van der Waals surface area contributed by atoms with Crippen LogP contribution >= 0.6 is 0 Å². The Bertz CT molecular complexity index is 1360. The second-order valence-corrected chi connectivity index (χ2v) is 14.2. The molecule has 0 unspecified atom stereocenters. The normalized spacial score (nSPS) is 25.7. The molecule has 3 aliphatic rings. The van der Waals surface area contributed by atoms with Crippen LogP contribution in [0.4, 0.5) is 4.79 Å². The van der Waals surface area contributed by atoms with E-state index in [9.17, 15) is 18.3 Å². The van der Waals surface area contributed by atoms with Gasteiger partial charge in [0.25, 0.3) is 0 Å². The predicted octanol–water partition coefficient (Wildman–Crippen LogP) is 4.41. The molecule has 2 saturated heterocycles. The molecule has 0 spiro atoms. The van der Waals surface area contributed by atoms with E-state index < -0.39 is 28.3 Å². The van der Waals surface area contributed by atoms with Crippen molar-refractivity contribution < 1.29 is 42.0 Å². The number of fused-ring (bicyclic) bond motifs is 2. The number of nitrogens with zero attached hydrogens (tertiary/aromatic N) is 1. The summed E-state index contributed by atoms with van der Waals surface area (Å²) in [6, 6.07) is 13.5. The fourth-order valence-electron chi connectivity index (χ4n) is 6.46. The molecule has 2 fully saturated rings. The third-order valence-corrected chi connectivity index (χ3v) is 11.0. The smallest absolute Gasteiger partial charge is 0.407 e. The van der Waals surface area contributed by atoms with Gasteiger partial charge >= 0.3 is 6.09 Å². The molecule has 0 bridgehead atoms. The molecular formula is C34H48N2O9S. The Morgan fingerprint density at radius 2 is 1.74 bits per heavy atom. The van der Waals surface area contributed by atoms with Crippen LogP contribution in [0.1, 0.15) is 62.5 Å². The molecule has 2 aromatic carbocycles. The maximum absolute atomic E-state index is 14.3. The van der Waals surface area contributed by atoms with E-state index in [1.807, 2.05) is 30.3 Å². The molecule has 3 aliphatic heterocycles. The molecule has 254 valence electrons. The van der Waals surface area contributed by atoms with Gasteiger partial charge in [0.1, 0.15) is 11.9 Å². The molecule has 0 saturated carbocycles. The number of sulfonamides is 1. The number of methoxy groups -OCH3 is 1. The third kappa shape index (κ3) is 9.20. The second kappa shape index (κ2) is 16.9. The Kier molecular flexibility index (Phi) is 12.7. The standard InChI is InChI=1S/C34H48N2O9S/c1-41-27-13-14-32-26(22-27)24-42-18-10-5-3-2-4-9-17-36(46(32,39)40)23-30(37)29(21-25-11-7-6-8-12-25)35-34(38)45-31-16-20-44-33-28(31)15-19-43-33/h6-8,11-14,22,28-31,33,37H,2-5,9-10,15-21,23-24H2,1H3,(H,35,38)/t28-,29-,30+,31-,33+/m0/s1. The monoisotopic (exact) mass is 660 g/mol. The van der Waals surface area contributed by atoms with E-state index in [1.54, 1.807) is 18.2 Å². The van der Waals surface area contributed by atoms with Gasteiger partial charge < -0.3 is 34.1 Å². The van der Waals surface area contributed by atoms with Crippen LogP contribution in [0.25, 0.3) is 0 Å². The Balaban J connectivity index is 1.37. The van der Waals surface area contributed by atoms with Crippen molar-refractivity contribution >= 4 is 16.1 Å². The van der Waals surface area contributed by atoms with Gasteiger partial charge in [-0.25, -0.2) is 13.2 Å². The minimum absolute atomic E-state index is 0.0411. The lowest BCUT2D eigenvalue weighted by molar-refractivity contribution is -0.179. The van der Waals surface area contributed by atoms with Gasteiger partial charge in [0.2, 0.25) is 10.0 Å². The number of benzene rings is 2. The molecule has 12 heteroatoms. The zero-order chi connectivity index (χ0) is 32.4. The van der Waals surface area contributed by atoms with Crippen LogP contribution in [0, 0.1) is 5.92 Å². The van der Waals surface area contributed by atoms with Crippen molar-refractivity contribution in [3.05, 3.63) is 59.7 Å². The van der Waals surface area contributed by atoms with Gasteiger partial charge in [-0.2, -0.15) is 4.31 Å². The molecule has 0 radical (unpaired) electrons. The number of carbonyl (C=O) groups excluding carboxylic acids is 1. The summed E-state index contributed by atoms with van der Waals surface area (Å²) in [7, 11) is -2.52. The molecule has 3 heterocycles. The fourth-order valence-corrected chi connectivity index (χ4v) is 8.15. The summed E-state index contributed by atoms with van der Waals surface area (Å²) >= 11 is 0. The number of amides is 1. The first kappa shape index (κ1) is 34.6. The highest BCUT2D eigenvalue weighted by Gasteiger charge is 2.41. The number of aliphatic hydroxyl groups excluding tert-OH is 1. The van der Waals surface area contributed by atoms with Crippen LogP contribution in [0.2, 0.25) is 0 Å². The SMILES string of the molecule is COc1ccc2c(c1)COCCCCCCCCN(C[C@@H](O)[C@H](Cc1ccccc1)NC(=O)O[C@H]1CCO[C@H]3OCC[C@H]31)S2(=O)=O. The van der Waals surface area contributed by atoms with Crippen LogP contribution in [-0.2, 0) is 42.0 Å². The van der Waals surface area contributed by atoms with Gasteiger partial charge in [0, 0.05) is 37.6 Å². The number of β-amino-alcohol motifs (C(OH)–C–C–N with tert-alkyl or cyclic N) is 1. The fraction of sp³-hybridized carbons (Fsp3) is 0.618. The highest BCUT2D eigenvalue weighted by atomic mass is 32.2. The Morgan fingerprint density at radius 3 is 2.52 bits per heavy atom. The average molecular weight is 661 g/mol. The summed E-state index contributed by atoms with van der Waals surface area (Å²) in [5, 5.41) is 14.6. The summed E-state index contributed by atoms with van der Waals surface area (Å²) < 4.78 is 58.3. The van der Waals surface area contributed by atoms with Crippen LogP contribution < -0.4 is 10.1 Å². The summed E-state index contributed by atoms with van der Waals surface area (Å²) in [4.78, 5) is 13.4. The minimum atomic E-state index is -4.05. The predicted molar refractivity (Wildman–Crippen MR) is 171 cm³/mol. The molecule has 46 heavy (non-hydrogen) atoms. The van der Waals surface area contributed by atoms with Crippen molar-refractivity contribution in [2.45, 2.75) is 93.8 Å². The largest absolute Gasteiger partial charge is 0.497 e. The summed E-state index contributed by atoms with van der Waals surface area (Å²) in [6.07, 6.45) is 4.50. The van der Waals surface area contributed by atoms with E-state index in [-0.39, 0.29) is 49.3 Å². The van der Waals surface area contributed by atoms with Crippen molar-refractivity contribution in [2.75, 3.05) is 40.0 Å². The highest BCUT2D eigenvalue weighted by molar-refractivity contribution is 7.89. The first-order chi connectivity index (χ1) is 22.3. The van der Waals surface area contributed by atoms with Gasteiger partial charge in [-0.1, -0.05) is 56.0 Å². The van der Waals surface area contributed by atoms with Gasteiger partial charge in [-0.3, -0.25) is 0 Å². The average Bonchev–Trinajstić information content (AvgIpc) is 3.55. The zero-order valence-corrected chi connectivity index (χ0v) is 27.5. The maximum atomic E-state index is 14.3. The number of carbonyl (C=O) groups is 1. The Labute approximate surface area is 272 Å². The number of rotatable bonds is 8. The highest BCUT2D eigenvalue weighted by Crippen LogP contribution is 2.33. The van der Waals surface area contributed by atoms with E-state index in [0.717, 1.165) is 44.1 Å². The van der Waals surface area contributed by atoms with E-state index in [2.05, 4.69) is 5.32 Å². The Hall–Kier alpha value is -2.74. The van der Waals surface area contributed by atoms with Gasteiger partial charge in [-0.05, 0) is 49.4 Å². The molecule has 1 amide bonds. The van der Waals surface area contributed by atoms with Crippen molar-refractivity contribution in [3.8, 4) is 5.75 Å². The molecular weight excluding hydrogens is 612 g/mol. The van der Waals surface area contributed by atoms with Crippen molar-refractivity contribution in [1.29, 1.82) is 0 Å². The summed E-state index contributed by atoms with van der Waals surface area (Å²) in [5.74, 6) is 0.497. The number of alkyl carbamates (subject to hydrolysis) is 1. The van der Waals surface area contributed by atoms with E-state index in [0.29, 0.717) is 44.0 Å². The first-order valence-corrected chi connectivity index (χ1v) is 18.0. The number of hydrogen-bond acceptors (Lipinski definition) is 9. The van der Waals surface area contributed by atoms with Crippen molar-refractivity contribution in [1.82, 2.24) is 9.62 Å². The lowest BCUT2D eigenvalue weighted by Gasteiger charge is -2.33. The Morgan fingerprint density at radius 1 is 1.00 bits per heavy atom. The minimum Gasteiger partial charge on any atom is -0.497 e. The second-order valence-electron chi connectivity index (χ2n) is 12.3. The van der Waals surface area contributed by atoms with E-state index in [4.69, 9.17) is 23.7 Å². The molecule has 0 aromatic heterocycles. The van der Waals surface area contributed by atoms with Crippen molar-refractivity contribution in [3.63, 3.8) is 0 Å². The van der Waals surface area contributed by atoms with Crippen LogP contribution in [0.15, 0.2) is 53.4 Å². The van der Waals surface area contributed by atoms with Gasteiger partial charge in [-0.15, -0.1) is 0 Å². The lowest BCUT2D eigenvalue weighted by Crippen LogP contribution is -2.52. The van der Waals surface area contributed by atoms with Crippen LogP contribution in [0.5, 0.6) is 5.75 Å². The number of ether oxygens (including phenoxy) is 5. The molecule has 5 atom stereocenters. The number of aliphatic hydroxyl groups is 1. The molecule has 11 nitrogen and oxygen atoms in total. The topological polar surface area (TPSA) is 133 Å². The van der Waals surface area contributed by atoms with Gasteiger partial charge in [0.15, 0.2) is 6.29 Å². The van der Waals surface area contributed by atoms with Crippen LogP contribution in [-0.4, -0.2) is 88.5 Å². The molecule has 0 aliphatic carbocycles. The number of hydrogen-bond donors (Lipinski definition) is 2. The molecule has 2 N–H and O–H groups in total. The summed E-state index contributed by atoms with van der Waals surface area (Å²) in [6.45, 7) is 1.69. The maximum Gasteiger partial charge on any atom is 0.407 e. The first-order valence-electron chi connectivity index (χ1n) is 16.5. The van der Waals surface area contributed by atoms with E-state index in [1.165, 1.54) is 11.4 Å². The third-order valence-electron chi connectivity index (χ3n) is 9.05. The zero-order valence-electron chi connectivity index (χ0n) is 26.7. The number of nitrogens with one attached hydrogen (secondary N) is 1. The molecule has 2 aromatic rings.